The molecule has 290 valence electrons. The Morgan fingerprint density at radius 1 is 0.295 bits per heavy atom. The van der Waals surface area contributed by atoms with E-state index >= 15 is 0 Å². The zero-order valence-corrected chi connectivity index (χ0v) is 34.3. The maximum Gasteiger partial charge on any atom is 0.0465 e. The highest BCUT2D eigenvalue weighted by atomic mass is 15.1. The van der Waals surface area contributed by atoms with Crippen molar-refractivity contribution in [2.75, 3.05) is 9.80 Å². The first-order valence-corrected chi connectivity index (χ1v) is 21.2. The SMILES string of the molecule is CC1(C)c2cc(N(c3ccccc3)c3ccccc3)ccc2-c2c1c1ccc(-c3ccc(N(c4ccccc4)c4ccc(-c5ccccc5)cc4)cc3)cc1c1ccccc21. The van der Waals surface area contributed by atoms with Crippen molar-refractivity contribution in [2.45, 2.75) is 19.3 Å². The van der Waals surface area contributed by atoms with Crippen LogP contribution in [0.1, 0.15) is 25.0 Å². The van der Waals surface area contributed by atoms with E-state index in [0.717, 1.165) is 34.1 Å². The third-order valence-electron chi connectivity index (χ3n) is 12.6. The molecule has 0 radical (unpaired) electrons. The predicted molar refractivity (Wildman–Crippen MR) is 259 cm³/mol. The van der Waals surface area contributed by atoms with Gasteiger partial charge in [-0.2, -0.15) is 0 Å². The fourth-order valence-electron chi connectivity index (χ4n) is 9.70. The van der Waals surface area contributed by atoms with Crippen molar-refractivity contribution in [3.63, 3.8) is 0 Å². The van der Waals surface area contributed by atoms with Gasteiger partial charge in [0, 0.05) is 39.5 Å². The molecule has 10 aromatic rings. The minimum absolute atomic E-state index is 0.231. The summed E-state index contributed by atoms with van der Waals surface area (Å²) in [7, 11) is 0. The molecule has 0 saturated heterocycles. The Labute approximate surface area is 358 Å². The van der Waals surface area contributed by atoms with E-state index in [1.807, 2.05) is 0 Å². The molecule has 0 atom stereocenters. The molecule has 0 aromatic heterocycles. The number of para-hydroxylation sites is 3. The molecule has 0 spiro atoms. The lowest BCUT2D eigenvalue weighted by atomic mass is 9.78. The summed E-state index contributed by atoms with van der Waals surface area (Å²) in [5.74, 6) is 0. The van der Waals surface area contributed by atoms with Gasteiger partial charge < -0.3 is 9.80 Å². The molecule has 1 aliphatic rings. The first-order valence-electron chi connectivity index (χ1n) is 21.2. The van der Waals surface area contributed by atoms with Crippen LogP contribution in [0.2, 0.25) is 0 Å². The fourth-order valence-corrected chi connectivity index (χ4v) is 9.70. The normalized spacial score (nSPS) is 12.6. The molecule has 10 aromatic carbocycles. The number of hydrogen-bond acceptors (Lipinski definition) is 2. The summed E-state index contributed by atoms with van der Waals surface area (Å²) >= 11 is 0. The molecule has 2 heteroatoms. The van der Waals surface area contributed by atoms with Crippen LogP contribution in [-0.2, 0) is 5.41 Å². The second kappa shape index (κ2) is 14.9. The Kier molecular flexibility index (Phi) is 8.86. The van der Waals surface area contributed by atoms with Gasteiger partial charge >= 0.3 is 0 Å². The Balaban J connectivity index is 0.989. The maximum atomic E-state index is 2.43. The van der Waals surface area contributed by atoms with Gasteiger partial charge in [0.1, 0.15) is 0 Å². The van der Waals surface area contributed by atoms with Gasteiger partial charge in [0.05, 0.1) is 0 Å². The lowest BCUT2D eigenvalue weighted by molar-refractivity contribution is 0.666. The topological polar surface area (TPSA) is 6.48 Å². The van der Waals surface area contributed by atoms with Crippen molar-refractivity contribution >= 4 is 55.7 Å². The Morgan fingerprint density at radius 3 is 1.26 bits per heavy atom. The minimum atomic E-state index is -0.231. The van der Waals surface area contributed by atoms with E-state index in [2.05, 4.69) is 254 Å². The van der Waals surface area contributed by atoms with Crippen molar-refractivity contribution in [2.24, 2.45) is 0 Å². The van der Waals surface area contributed by atoms with E-state index in [0.29, 0.717) is 0 Å². The van der Waals surface area contributed by atoms with E-state index in [4.69, 9.17) is 0 Å². The molecule has 0 aliphatic heterocycles. The van der Waals surface area contributed by atoms with Crippen molar-refractivity contribution < 1.29 is 0 Å². The van der Waals surface area contributed by atoms with Crippen molar-refractivity contribution in [3.05, 3.63) is 242 Å². The summed E-state index contributed by atoms with van der Waals surface area (Å²) in [5.41, 5.74) is 16.8. The van der Waals surface area contributed by atoms with Gasteiger partial charge in [-0.05, 0) is 145 Å². The van der Waals surface area contributed by atoms with Crippen LogP contribution in [0.15, 0.2) is 231 Å². The van der Waals surface area contributed by atoms with Crippen LogP contribution < -0.4 is 9.80 Å². The Morgan fingerprint density at radius 2 is 0.705 bits per heavy atom. The summed E-state index contributed by atoms with van der Waals surface area (Å²) in [6.45, 7) is 4.82. The maximum absolute atomic E-state index is 2.43. The zero-order valence-electron chi connectivity index (χ0n) is 34.3. The monoisotopic (exact) mass is 780 g/mol. The minimum Gasteiger partial charge on any atom is -0.311 e. The van der Waals surface area contributed by atoms with E-state index < -0.39 is 0 Å². The van der Waals surface area contributed by atoms with Gasteiger partial charge in [0.25, 0.3) is 0 Å². The smallest absolute Gasteiger partial charge is 0.0465 e. The molecule has 0 saturated carbocycles. The Bertz CT molecular complexity index is 3130. The predicted octanol–water partition coefficient (Wildman–Crippen LogP) is 16.6. The van der Waals surface area contributed by atoms with Crippen LogP contribution in [0.4, 0.5) is 34.1 Å². The van der Waals surface area contributed by atoms with E-state index in [1.54, 1.807) is 0 Å². The largest absolute Gasteiger partial charge is 0.311 e. The molecule has 61 heavy (non-hydrogen) atoms. The molecule has 11 rings (SSSR count). The Hall–Kier alpha value is -7.68. The molecule has 2 nitrogen and oxygen atoms in total. The van der Waals surface area contributed by atoms with E-state index in [9.17, 15) is 0 Å². The lowest BCUT2D eigenvalue weighted by Crippen LogP contribution is -2.17. The molecule has 0 amide bonds. The second-order valence-corrected chi connectivity index (χ2v) is 16.5. The highest BCUT2D eigenvalue weighted by Gasteiger charge is 2.39. The quantitative estimate of drug-likeness (QED) is 0.142. The standard InChI is InChI=1S/C59H44N2/c1-59(2)56-40-50(61(46-21-11-5-12-22-46)47-23-13-6-14-24-47)36-38-54(56)57-52-26-16-15-25-51(52)55-39-44(31-37-53(55)58(57)59)43-29-34-49(35-30-43)60(45-19-9-4-10-20-45)48-32-27-42(28-33-48)41-17-7-3-8-18-41/h3-40H,1-2H3. The highest BCUT2D eigenvalue weighted by molar-refractivity contribution is 6.19. The first-order chi connectivity index (χ1) is 30.0. The molecule has 0 heterocycles. The molecule has 0 bridgehead atoms. The third kappa shape index (κ3) is 6.27. The average molecular weight is 781 g/mol. The molecule has 0 unspecified atom stereocenters. The third-order valence-corrected chi connectivity index (χ3v) is 12.6. The summed E-state index contributed by atoms with van der Waals surface area (Å²) in [6, 6.07) is 83.7. The van der Waals surface area contributed by atoms with E-state index in [1.165, 1.54) is 66.1 Å². The number of nitrogens with zero attached hydrogens (tertiary/aromatic N) is 2. The first kappa shape index (κ1) is 36.4. The summed E-state index contributed by atoms with van der Waals surface area (Å²) in [4.78, 5) is 4.70. The summed E-state index contributed by atoms with van der Waals surface area (Å²) < 4.78 is 0. The van der Waals surface area contributed by atoms with Crippen molar-refractivity contribution in [1.29, 1.82) is 0 Å². The summed E-state index contributed by atoms with van der Waals surface area (Å²) in [5, 5.41) is 5.19. The summed E-state index contributed by atoms with van der Waals surface area (Å²) in [6.07, 6.45) is 0. The van der Waals surface area contributed by atoms with Crippen LogP contribution in [0.3, 0.4) is 0 Å². The van der Waals surface area contributed by atoms with Crippen LogP contribution in [0.5, 0.6) is 0 Å². The van der Waals surface area contributed by atoms with Gasteiger partial charge in [0.2, 0.25) is 0 Å². The highest BCUT2D eigenvalue weighted by Crippen LogP contribution is 2.56. The number of anilines is 6. The lowest BCUT2D eigenvalue weighted by Gasteiger charge is -2.28. The van der Waals surface area contributed by atoms with Gasteiger partial charge in [0.15, 0.2) is 0 Å². The van der Waals surface area contributed by atoms with Crippen LogP contribution in [0, 0.1) is 0 Å². The van der Waals surface area contributed by atoms with Crippen LogP contribution in [0.25, 0.3) is 54.9 Å². The number of rotatable bonds is 8. The fraction of sp³-hybridized carbons (Fsp3) is 0.0508. The number of benzene rings is 10. The average Bonchev–Trinajstić information content (AvgIpc) is 3.57. The van der Waals surface area contributed by atoms with Crippen molar-refractivity contribution in [1.82, 2.24) is 0 Å². The molecular formula is C59H44N2. The molecule has 0 fully saturated rings. The molecule has 1 aliphatic carbocycles. The van der Waals surface area contributed by atoms with Gasteiger partial charge in [-0.15, -0.1) is 0 Å². The number of fused-ring (bicyclic) bond motifs is 8. The van der Waals surface area contributed by atoms with Crippen LogP contribution in [-0.4, -0.2) is 0 Å². The van der Waals surface area contributed by atoms with Gasteiger partial charge in [-0.3, -0.25) is 0 Å². The van der Waals surface area contributed by atoms with Crippen molar-refractivity contribution in [3.8, 4) is 33.4 Å². The van der Waals surface area contributed by atoms with E-state index in [-0.39, 0.29) is 5.41 Å². The molecule has 0 N–H and O–H groups in total. The second-order valence-electron chi connectivity index (χ2n) is 16.5. The molecular weight excluding hydrogens is 737 g/mol. The zero-order chi connectivity index (χ0) is 40.9. The van der Waals surface area contributed by atoms with Gasteiger partial charge in [-0.25, -0.2) is 0 Å². The number of hydrogen-bond donors (Lipinski definition) is 0. The van der Waals surface area contributed by atoms with Gasteiger partial charge in [-0.1, -0.05) is 166 Å². The van der Waals surface area contributed by atoms with Crippen LogP contribution >= 0.6 is 0 Å².